The van der Waals surface area contributed by atoms with E-state index in [1.54, 1.807) is 4.90 Å². The molecule has 0 bridgehead atoms. The normalized spacial score (nSPS) is 22.9. The third-order valence-electron chi connectivity index (χ3n) is 3.35. The van der Waals surface area contributed by atoms with Crippen molar-refractivity contribution in [2.75, 3.05) is 12.3 Å². The number of anilines is 1. The third-order valence-corrected chi connectivity index (χ3v) is 3.35. The van der Waals surface area contributed by atoms with Crippen LogP contribution in [-0.4, -0.2) is 29.2 Å². The fourth-order valence-electron chi connectivity index (χ4n) is 2.46. The minimum absolute atomic E-state index is 0.0776. The zero-order valence-corrected chi connectivity index (χ0v) is 12.3. The van der Waals surface area contributed by atoms with Crippen LogP contribution in [0.25, 0.3) is 0 Å². The number of hydrogen-bond donors (Lipinski definition) is 2. The Hall–Kier alpha value is -1.75. The maximum absolute atomic E-state index is 12.3. The number of ether oxygens (including phenoxy) is 1. The van der Waals surface area contributed by atoms with Gasteiger partial charge >= 0.3 is 6.09 Å². The van der Waals surface area contributed by atoms with Crippen molar-refractivity contribution in [2.45, 2.75) is 44.9 Å². The Morgan fingerprint density at radius 2 is 1.90 bits per heavy atom. The Kier molecular flexibility index (Phi) is 3.90. The molecule has 0 aliphatic carbocycles. The summed E-state index contributed by atoms with van der Waals surface area (Å²) in [5, 5.41) is 0. The van der Waals surface area contributed by atoms with Crippen LogP contribution in [0.2, 0.25) is 0 Å². The van der Waals surface area contributed by atoms with Crippen LogP contribution in [0.3, 0.4) is 0 Å². The van der Waals surface area contributed by atoms with Crippen LogP contribution in [0, 0.1) is 0 Å². The summed E-state index contributed by atoms with van der Waals surface area (Å²) in [5.41, 5.74) is 13.1. The number of carbonyl (C=O) groups excluding carboxylic acids is 1. The summed E-state index contributed by atoms with van der Waals surface area (Å²) < 4.78 is 5.45. The van der Waals surface area contributed by atoms with Crippen LogP contribution in [-0.2, 0) is 4.74 Å². The van der Waals surface area contributed by atoms with Crippen molar-refractivity contribution in [2.24, 2.45) is 5.73 Å². The van der Waals surface area contributed by atoms with Crippen LogP contribution in [0.5, 0.6) is 0 Å². The minimum Gasteiger partial charge on any atom is -0.444 e. The van der Waals surface area contributed by atoms with Crippen LogP contribution >= 0.6 is 0 Å². The van der Waals surface area contributed by atoms with E-state index in [1.807, 2.05) is 45.0 Å². The van der Waals surface area contributed by atoms with Crippen molar-refractivity contribution >= 4 is 11.8 Å². The summed E-state index contributed by atoms with van der Waals surface area (Å²) in [6.07, 6.45) is 0.459. The highest BCUT2D eigenvalue weighted by Gasteiger charge is 2.38. The molecule has 1 aliphatic heterocycles. The molecule has 2 rings (SSSR count). The third kappa shape index (κ3) is 3.22. The quantitative estimate of drug-likeness (QED) is 0.772. The number of amides is 1. The first-order valence-corrected chi connectivity index (χ1v) is 6.88. The van der Waals surface area contributed by atoms with Gasteiger partial charge < -0.3 is 16.2 Å². The highest BCUT2D eigenvalue weighted by Crippen LogP contribution is 2.32. The lowest BCUT2D eigenvalue weighted by Gasteiger charge is -2.30. The lowest BCUT2D eigenvalue weighted by Crippen LogP contribution is -2.39. The van der Waals surface area contributed by atoms with E-state index in [9.17, 15) is 4.79 Å². The predicted molar refractivity (Wildman–Crippen MR) is 79.1 cm³/mol. The zero-order valence-electron chi connectivity index (χ0n) is 12.3. The number of benzene rings is 1. The van der Waals surface area contributed by atoms with Gasteiger partial charge in [-0.25, -0.2) is 4.79 Å². The standard InChI is InChI=1S/C15H23N3O2/c1-15(2,3)20-14(19)18-9-8-12(17)13(18)10-4-6-11(16)7-5-10/h4-7,12-13H,8-9,16-17H2,1-3H3/t12-,13+/m1/s1. The molecule has 1 amide bonds. The smallest absolute Gasteiger partial charge is 0.410 e. The molecule has 0 saturated carbocycles. The van der Waals surface area contributed by atoms with Crippen LogP contribution in [0.1, 0.15) is 38.8 Å². The van der Waals surface area contributed by atoms with E-state index < -0.39 is 5.60 Å². The molecule has 0 aromatic heterocycles. The number of nitrogens with zero attached hydrogens (tertiary/aromatic N) is 1. The van der Waals surface area contributed by atoms with E-state index in [1.165, 1.54) is 0 Å². The van der Waals surface area contributed by atoms with E-state index in [0.717, 1.165) is 12.0 Å². The lowest BCUT2D eigenvalue weighted by atomic mass is 10.0. The molecule has 1 aliphatic rings. The first-order valence-electron chi connectivity index (χ1n) is 6.88. The number of likely N-dealkylation sites (tertiary alicyclic amines) is 1. The van der Waals surface area contributed by atoms with Crippen molar-refractivity contribution in [3.05, 3.63) is 29.8 Å². The zero-order chi connectivity index (χ0) is 14.9. The summed E-state index contributed by atoms with van der Waals surface area (Å²) in [4.78, 5) is 14.0. The highest BCUT2D eigenvalue weighted by atomic mass is 16.6. The van der Waals surface area contributed by atoms with Gasteiger partial charge in [-0.2, -0.15) is 0 Å². The molecule has 2 atom stereocenters. The molecule has 1 heterocycles. The van der Waals surface area contributed by atoms with Crippen LogP contribution in [0.15, 0.2) is 24.3 Å². The molecule has 1 saturated heterocycles. The number of carbonyl (C=O) groups is 1. The van der Waals surface area contributed by atoms with Crippen LogP contribution < -0.4 is 11.5 Å². The van der Waals surface area contributed by atoms with Gasteiger partial charge in [0.2, 0.25) is 0 Å². The van der Waals surface area contributed by atoms with E-state index in [2.05, 4.69) is 0 Å². The van der Waals surface area contributed by atoms with Crippen molar-refractivity contribution in [3.63, 3.8) is 0 Å². The molecule has 1 aromatic rings. The Balaban J connectivity index is 2.20. The minimum atomic E-state index is -0.505. The Bertz CT molecular complexity index is 479. The van der Waals surface area contributed by atoms with Gasteiger partial charge in [-0.3, -0.25) is 4.90 Å². The number of hydrogen-bond acceptors (Lipinski definition) is 4. The second-order valence-electron chi connectivity index (χ2n) is 6.24. The molecule has 0 unspecified atom stereocenters. The molecule has 1 aromatic carbocycles. The van der Waals surface area contributed by atoms with E-state index in [4.69, 9.17) is 16.2 Å². The van der Waals surface area contributed by atoms with Gasteiger partial charge in [-0.1, -0.05) is 12.1 Å². The molecule has 4 N–H and O–H groups in total. The number of nitrogens with two attached hydrogens (primary N) is 2. The topological polar surface area (TPSA) is 81.6 Å². The van der Waals surface area contributed by atoms with Gasteiger partial charge in [0.05, 0.1) is 6.04 Å². The maximum atomic E-state index is 12.3. The van der Waals surface area contributed by atoms with E-state index >= 15 is 0 Å². The Morgan fingerprint density at radius 3 is 2.45 bits per heavy atom. The Labute approximate surface area is 119 Å². The average Bonchev–Trinajstić information content (AvgIpc) is 2.70. The van der Waals surface area contributed by atoms with E-state index in [-0.39, 0.29) is 18.2 Å². The Morgan fingerprint density at radius 1 is 1.30 bits per heavy atom. The molecule has 5 nitrogen and oxygen atoms in total. The highest BCUT2D eigenvalue weighted by molar-refractivity contribution is 5.69. The monoisotopic (exact) mass is 277 g/mol. The summed E-state index contributed by atoms with van der Waals surface area (Å²) in [7, 11) is 0. The number of nitrogen functional groups attached to an aromatic ring is 1. The summed E-state index contributed by atoms with van der Waals surface area (Å²) in [6.45, 7) is 6.20. The SMILES string of the molecule is CC(C)(C)OC(=O)N1CC[C@@H](N)[C@@H]1c1ccc(N)cc1. The molecule has 110 valence electrons. The van der Waals surface area contributed by atoms with Crippen molar-refractivity contribution < 1.29 is 9.53 Å². The van der Waals surface area contributed by atoms with Gasteiger partial charge in [-0.05, 0) is 44.9 Å². The van der Waals surface area contributed by atoms with Crippen LogP contribution in [0.4, 0.5) is 10.5 Å². The molecular weight excluding hydrogens is 254 g/mol. The van der Waals surface area contributed by atoms with Gasteiger partial charge in [0.25, 0.3) is 0 Å². The molecule has 20 heavy (non-hydrogen) atoms. The lowest BCUT2D eigenvalue weighted by molar-refractivity contribution is 0.0218. The molecule has 0 spiro atoms. The van der Waals surface area contributed by atoms with Gasteiger partial charge in [0.1, 0.15) is 5.60 Å². The maximum Gasteiger partial charge on any atom is 0.410 e. The van der Waals surface area contributed by atoms with Gasteiger partial charge in [-0.15, -0.1) is 0 Å². The fourth-order valence-corrected chi connectivity index (χ4v) is 2.46. The van der Waals surface area contributed by atoms with Crippen molar-refractivity contribution in [1.29, 1.82) is 0 Å². The molecular formula is C15H23N3O2. The molecule has 0 radical (unpaired) electrons. The van der Waals surface area contributed by atoms with Gasteiger partial charge in [0, 0.05) is 18.3 Å². The largest absolute Gasteiger partial charge is 0.444 e. The molecule has 5 heteroatoms. The summed E-state index contributed by atoms with van der Waals surface area (Å²) in [6, 6.07) is 7.27. The predicted octanol–water partition coefficient (Wildman–Crippen LogP) is 2.28. The van der Waals surface area contributed by atoms with E-state index in [0.29, 0.717) is 12.2 Å². The summed E-state index contributed by atoms with van der Waals surface area (Å²) >= 11 is 0. The summed E-state index contributed by atoms with van der Waals surface area (Å²) in [5.74, 6) is 0. The average molecular weight is 277 g/mol. The second kappa shape index (κ2) is 5.32. The molecule has 1 fully saturated rings. The fraction of sp³-hybridized carbons (Fsp3) is 0.533. The first kappa shape index (κ1) is 14.7. The second-order valence-corrected chi connectivity index (χ2v) is 6.24. The first-order chi connectivity index (χ1) is 9.28. The van der Waals surface area contributed by atoms with Crippen molar-refractivity contribution in [3.8, 4) is 0 Å². The van der Waals surface area contributed by atoms with Gasteiger partial charge in [0.15, 0.2) is 0 Å². The van der Waals surface area contributed by atoms with Crippen molar-refractivity contribution in [1.82, 2.24) is 4.90 Å². The number of rotatable bonds is 1.